The molecule has 0 saturated carbocycles. The molecule has 3 N–H and O–H groups in total. The number of hydrogen-bond donors (Lipinski definition) is 3. The summed E-state index contributed by atoms with van der Waals surface area (Å²) in [5.74, 6) is -0.458. The largest absolute Gasteiger partial charge is 0.394 e. The van der Waals surface area contributed by atoms with Gasteiger partial charge in [-0.15, -0.1) is 0 Å². The molecule has 7 nitrogen and oxygen atoms in total. The van der Waals surface area contributed by atoms with Crippen molar-refractivity contribution < 1.29 is 19.5 Å². The van der Waals surface area contributed by atoms with Crippen LogP contribution in [0.1, 0.15) is 47.9 Å². The van der Waals surface area contributed by atoms with E-state index >= 15 is 0 Å². The van der Waals surface area contributed by atoms with Gasteiger partial charge < -0.3 is 15.7 Å². The Morgan fingerprint density at radius 2 is 1.88 bits per heavy atom. The maximum atomic E-state index is 12.4. The first-order valence-electron chi connectivity index (χ1n) is 8.06. The molecule has 0 fully saturated rings. The van der Waals surface area contributed by atoms with Crippen LogP contribution in [0.15, 0.2) is 18.2 Å². The van der Waals surface area contributed by atoms with Crippen LogP contribution in [-0.2, 0) is 0 Å². The zero-order valence-corrected chi connectivity index (χ0v) is 14.1. The lowest BCUT2D eigenvalue weighted by atomic mass is 10.1. The second-order valence-corrected chi connectivity index (χ2v) is 6.26. The summed E-state index contributed by atoms with van der Waals surface area (Å²) in [6, 6.07) is 3.85. The molecule has 1 unspecified atom stereocenters. The van der Waals surface area contributed by atoms with Gasteiger partial charge in [0, 0.05) is 12.2 Å². The molecule has 1 aliphatic rings. The molecule has 7 heteroatoms. The van der Waals surface area contributed by atoms with E-state index in [0.29, 0.717) is 29.8 Å². The summed E-state index contributed by atoms with van der Waals surface area (Å²) in [5.41, 5.74) is 1.08. The minimum absolute atomic E-state index is 0.148. The highest BCUT2D eigenvalue weighted by molar-refractivity contribution is 6.21. The lowest BCUT2D eigenvalue weighted by Crippen LogP contribution is -2.39. The molecule has 0 bridgehead atoms. The summed E-state index contributed by atoms with van der Waals surface area (Å²) in [7, 11) is 0. The molecule has 1 aromatic rings. The molecule has 1 aliphatic heterocycles. The standard InChI is InChI=1S/C17H23N3O4/c1-4-11(9-21)18-17(24)19-12-5-6-13-14(7-12)16(23)20(15(13)22)8-10(2)3/h5-7,10-11,21H,4,8-9H2,1-3H3,(H2,18,19,24). The number of aliphatic hydroxyl groups excluding tert-OH is 1. The van der Waals surface area contributed by atoms with Crippen molar-refractivity contribution in [1.82, 2.24) is 10.2 Å². The fraction of sp³-hybridized carbons (Fsp3) is 0.471. The molecule has 1 aromatic carbocycles. The van der Waals surface area contributed by atoms with Crippen LogP contribution >= 0.6 is 0 Å². The Kier molecular flexibility index (Phi) is 5.56. The molecule has 130 valence electrons. The zero-order chi connectivity index (χ0) is 17.9. The van der Waals surface area contributed by atoms with E-state index in [-0.39, 0.29) is 30.4 Å². The van der Waals surface area contributed by atoms with Crippen molar-refractivity contribution in [2.45, 2.75) is 33.2 Å². The number of nitrogens with one attached hydrogen (secondary N) is 2. The third-order valence-corrected chi connectivity index (χ3v) is 3.82. The van der Waals surface area contributed by atoms with Gasteiger partial charge in [0.25, 0.3) is 11.8 Å². The Bertz CT molecular complexity index is 653. The van der Waals surface area contributed by atoms with E-state index < -0.39 is 6.03 Å². The van der Waals surface area contributed by atoms with Crippen molar-refractivity contribution in [1.29, 1.82) is 0 Å². The Hall–Kier alpha value is -2.41. The lowest BCUT2D eigenvalue weighted by molar-refractivity contribution is 0.0636. The number of nitrogens with zero attached hydrogens (tertiary/aromatic N) is 1. The predicted molar refractivity (Wildman–Crippen MR) is 90.0 cm³/mol. The number of carbonyl (C=O) groups excluding carboxylic acids is 3. The molecule has 1 atom stereocenters. The summed E-state index contributed by atoms with van der Waals surface area (Å²) in [6.45, 7) is 5.94. The minimum Gasteiger partial charge on any atom is -0.394 e. The minimum atomic E-state index is -0.466. The summed E-state index contributed by atoms with van der Waals surface area (Å²) in [6.07, 6.45) is 0.602. The summed E-state index contributed by atoms with van der Waals surface area (Å²) >= 11 is 0. The average molecular weight is 333 g/mol. The number of amides is 4. The van der Waals surface area contributed by atoms with Crippen molar-refractivity contribution >= 4 is 23.5 Å². The normalized spacial score (nSPS) is 14.8. The number of fused-ring (bicyclic) bond motifs is 1. The Balaban J connectivity index is 2.13. The molecular weight excluding hydrogens is 310 g/mol. The summed E-state index contributed by atoms with van der Waals surface area (Å²) in [4.78, 5) is 37.8. The molecule has 0 radical (unpaired) electrons. The molecule has 4 amide bonds. The lowest BCUT2D eigenvalue weighted by Gasteiger charge is -2.15. The first-order valence-corrected chi connectivity index (χ1v) is 8.06. The Morgan fingerprint density at radius 1 is 1.21 bits per heavy atom. The molecule has 0 spiro atoms. The number of carbonyl (C=O) groups is 3. The van der Waals surface area contributed by atoms with Gasteiger partial charge in [0.15, 0.2) is 0 Å². The van der Waals surface area contributed by atoms with Crippen LogP contribution in [-0.4, -0.2) is 47.0 Å². The van der Waals surface area contributed by atoms with Crippen molar-refractivity contribution in [3.05, 3.63) is 29.3 Å². The van der Waals surface area contributed by atoms with Gasteiger partial charge in [0.05, 0.1) is 23.8 Å². The molecule has 24 heavy (non-hydrogen) atoms. The molecule has 0 saturated heterocycles. The number of urea groups is 1. The maximum absolute atomic E-state index is 12.4. The van der Waals surface area contributed by atoms with Gasteiger partial charge in [0.2, 0.25) is 0 Å². The van der Waals surface area contributed by atoms with Gasteiger partial charge in [-0.05, 0) is 30.5 Å². The number of anilines is 1. The monoisotopic (exact) mass is 333 g/mol. The number of rotatable bonds is 6. The van der Waals surface area contributed by atoms with Gasteiger partial charge in [-0.1, -0.05) is 20.8 Å². The summed E-state index contributed by atoms with van der Waals surface area (Å²) in [5, 5.41) is 14.3. The van der Waals surface area contributed by atoms with Crippen LogP contribution < -0.4 is 10.6 Å². The fourth-order valence-corrected chi connectivity index (χ4v) is 2.53. The van der Waals surface area contributed by atoms with Crippen molar-refractivity contribution in [3.63, 3.8) is 0 Å². The van der Waals surface area contributed by atoms with Gasteiger partial charge >= 0.3 is 6.03 Å². The molecular formula is C17H23N3O4. The van der Waals surface area contributed by atoms with E-state index in [4.69, 9.17) is 5.11 Å². The molecule has 2 rings (SSSR count). The second kappa shape index (κ2) is 7.44. The van der Waals surface area contributed by atoms with Gasteiger partial charge in [-0.25, -0.2) is 4.79 Å². The third-order valence-electron chi connectivity index (χ3n) is 3.82. The predicted octanol–water partition coefficient (Wildman–Crippen LogP) is 1.83. The number of benzene rings is 1. The SMILES string of the molecule is CCC(CO)NC(=O)Nc1ccc2c(c1)C(=O)N(CC(C)C)C2=O. The average Bonchev–Trinajstić information content (AvgIpc) is 2.77. The molecule has 0 aromatic heterocycles. The fourth-order valence-electron chi connectivity index (χ4n) is 2.53. The maximum Gasteiger partial charge on any atom is 0.319 e. The summed E-state index contributed by atoms with van der Waals surface area (Å²) < 4.78 is 0. The van der Waals surface area contributed by atoms with E-state index in [9.17, 15) is 14.4 Å². The van der Waals surface area contributed by atoms with E-state index in [0.717, 1.165) is 0 Å². The van der Waals surface area contributed by atoms with Crippen LogP contribution in [0.3, 0.4) is 0 Å². The van der Waals surface area contributed by atoms with Crippen molar-refractivity contribution in [3.8, 4) is 0 Å². The van der Waals surface area contributed by atoms with Gasteiger partial charge in [-0.2, -0.15) is 0 Å². The Labute approximate surface area is 141 Å². The number of imide groups is 1. The smallest absolute Gasteiger partial charge is 0.319 e. The highest BCUT2D eigenvalue weighted by Gasteiger charge is 2.35. The van der Waals surface area contributed by atoms with Crippen LogP contribution in [0.2, 0.25) is 0 Å². The molecule has 1 heterocycles. The number of aliphatic hydroxyl groups is 1. The van der Waals surface area contributed by atoms with E-state index in [1.165, 1.54) is 11.0 Å². The Morgan fingerprint density at radius 3 is 2.46 bits per heavy atom. The highest BCUT2D eigenvalue weighted by Crippen LogP contribution is 2.26. The van der Waals surface area contributed by atoms with Crippen LogP contribution in [0.5, 0.6) is 0 Å². The van der Waals surface area contributed by atoms with E-state index in [1.54, 1.807) is 12.1 Å². The quantitative estimate of drug-likeness (QED) is 0.692. The van der Waals surface area contributed by atoms with Crippen molar-refractivity contribution in [2.24, 2.45) is 5.92 Å². The van der Waals surface area contributed by atoms with E-state index in [1.807, 2.05) is 20.8 Å². The molecule has 0 aliphatic carbocycles. The zero-order valence-electron chi connectivity index (χ0n) is 14.1. The van der Waals surface area contributed by atoms with Gasteiger partial charge in [-0.3, -0.25) is 14.5 Å². The van der Waals surface area contributed by atoms with Crippen molar-refractivity contribution in [2.75, 3.05) is 18.5 Å². The highest BCUT2D eigenvalue weighted by atomic mass is 16.3. The van der Waals surface area contributed by atoms with Crippen LogP contribution in [0.4, 0.5) is 10.5 Å². The number of hydrogen-bond acceptors (Lipinski definition) is 4. The van der Waals surface area contributed by atoms with Crippen LogP contribution in [0, 0.1) is 5.92 Å². The van der Waals surface area contributed by atoms with E-state index in [2.05, 4.69) is 10.6 Å². The second-order valence-electron chi connectivity index (χ2n) is 6.26. The third kappa shape index (κ3) is 3.73. The first-order chi connectivity index (χ1) is 11.4. The van der Waals surface area contributed by atoms with Crippen LogP contribution in [0.25, 0.3) is 0 Å². The van der Waals surface area contributed by atoms with Gasteiger partial charge in [0.1, 0.15) is 0 Å². The first kappa shape index (κ1) is 17.9. The topological polar surface area (TPSA) is 98.7 Å².